The van der Waals surface area contributed by atoms with Crippen LogP contribution in [0, 0.1) is 0 Å². The van der Waals surface area contributed by atoms with Crippen molar-refractivity contribution in [2.75, 3.05) is 5.32 Å². The summed E-state index contributed by atoms with van der Waals surface area (Å²) in [4.78, 5) is 13.0. The van der Waals surface area contributed by atoms with Gasteiger partial charge in [-0.15, -0.1) is 0 Å². The lowest BCUT2D eigenvalue weighted by Crippen LogP contribution is -2.34. The molecule has 3 aromatic carbocycles. The minimum Gasteiger partial charge on any atom is -0.324 e. The Balaban J connectivity index is 1.84. The maximum absolute atomic E-state index is 13.0. The van der Waals surface area contributed by atoms with Crippen molar-refractivity contribution in [2.45, 2.75) is 19.0 Å². The van der Waals surface area contributed by atoms with Crippen LogP contribution in [0.2, 0.25) is 5.02 Å². The lowest BCUT2D eigenvalue weighted by Gasteiger charge is -2.24. The fourth-order valence-corrected chi connectivity index (χ4v) is 3.17. The van der Waals surface area contributed by atoms with Gasteiger partial charge in [0.15, 0.2) is 0 Å². The van der Waals surface area contributed by atoms with Gasteiger partial charge in [-0.05, 0) is 36.2 Å². The second kappa shape index (κ2) is 8.65. The van der Waals surface area contributed by atoms with E-state index in [0.29, 0.717) is 5.02 Å². The van der Waals surface area contributed by atoms with Gasteiger partial charge in [0.2, 0.25) is 5.91 Å². The fourth-order valence-electron chi connectivity index (χ4n) is 2.87. The summed E-state index contributed by atoms with van der Waals surface area (Å²) in [6.45, 7) is 2.01. The van der Waals surface area contributed by atoms with Crippen LogP contribution in [0.3, 0.4) is 0 Å². The molecule has 0 spiro atoms. The summed E-state index contributed by atoms with van der Waals surface area (Å²) in [7, 11) is 0. The second-order valence-electron chi connectivity index (χ2n) is 6.11. The van der Waals surface area contributed by atoms with Gasteiger partial charge < -0.3 is 5.32 Å². The first-order valence-corrected chi connectivity index (χ1v) is 8.94. The van der Waals surface area contributed by atoms with Crippen molar-refractivity contribution in [2.24, 2.45) is 0 Å². The number of hydrogen-bond acceptors (Lipinski definition) is 2. The number of carbonyl (C=O) groups is 1. The van der Waals surface area contributed by atoms with E-state index in [-0.39, 0.29) is 11.9 Å². The molecule has 0 aliphatic rings. The number of amides is 1. The molecular formula is C22H21ClN2O. The summed E-state index contributed by atoms with van der Waals surface area (Å²) in [5.74, 6) is -0.110. The summed E-state index contributed by atoms with van der Waals surface area (Å²) in [5, 5.41) is 7.07. The van der Waals surface area contributed by atoms with Crippen LogP contribution in [0.1, 0.15) is 30.1 Å². The molecule has 0 saturated heterocycles. The number of para-hydroxylation sites is 1. The average molecular weight is 365 g/mol. The van der Waals surface area contributed by atoms with Crippen LogP contribution in [-0.2, 0) is 4.79 Å². The largest absolute Gasteiger partial charge is 0.324 e. The fraction of sp³-hybridized carbons (Fsp3) is 0.136. The van der Waals surface area contributed by atoms with Crippen LogP contribution in [0.5, 0.6) is 0 Å². The first-order chi connectivity index (χ1) is 12.6. The predicted molar refractivity (Wildman–Crippen MR) is 107 cm³/mol. The standard InChI is InChI=1S/C22H21ClN2O/c1-16(19-14-8-9-15-20(19)23)24-21(17-10-4-2-5-11-17)22(26)25-18-12-6-3-7-13-18/h2-16,21,24H,1H3,(H,25,26). The highest BCUT2D eigenvalue weighted by molar-refractivity contribution is 6.31. The Hall–Kier alpha value is -2.62. The molecule has 0 aliphatic heterocycles. The number of anilines is 1. The second-order valence-corrected chi connectivity index (χ2v) is 6.52. The Kier molecular flexibility index (Phi) is 6.05. The van der Waals surface area contributed by atoms with Gasteiger partial charge in [0.1, 0.15) is 6.04 Å². The van der Waals surface area contributed by atoms with E-state index < -0.39 is 6.04 Å². The maximum atomic E-state index is 13.0. The van der Waals surface area contributed by atoms with E-state index in [2.05, 4.69) is 10.6 Å². The molecule has 0 radical (unpaired) electrons. The lowest BCUT2D eigenvalue weighted by molar-refractivity contribution is -0.118. The molecule has 0 aliphatic carbocycles. The van der Waals surface area contributed by atoms with E-state index in [0.717, 1.165) is 16.8 Å². The molecule has 132 valence electrons. The van der Waals surface area contributed by atoms with Crippen LogP contribution in [0.4, 0.5) is 5.69 Å². The van der Waals surface area contributed by atoms with Gasteiger partial charge >= 0.3 is 0 Å². The minimum absolute atomic E-state index is 0.0876. The predicted octanol–water partition coefficient (Wildman–Crippen LogP) is 5.37. The van der Waals surface area contributed by atoms with Gasteiger partial charge in [-0.2, -0.15) is 0 Å². The first-order valence-electron chi connectivity index (χ1n) is 8.56. The Bertz CT molecular complexity index is 852. The zero-order chi connectivity index (χ0) is 18.4. The smallest absolute Gasteiger partial charge is 0.246 e. The van der Waals surface area contributed by atoms with Crippen LogP contribution < -0.4 is 10.6 Å². The van der Waals surface area contributed by atoms with E-state index >= 15 is 0 Å². The van der Waals surface area contributed by atoms with Gasteiger partial charge in [0.25, 0.3) is 0 Å². The minimum atomic E-state index is -0.498. The molecule has 0 fully saturated rings. The Morgan fingerprint density at radius 3 is 2.08 bits per heavy atom. The number of rotatable bonds is 6. The topological polar surface area (TPSA) is 41.1 Å². The molecule has 0 aromatic heterocycles. The summed E-state index contributed by atoms with van der Waals surface area (Å²) < 4.78 is 0. The van der Waals surface area contributed by atoms with Crippen molar-refractivity contribution in [3.05, 3.63) is 101 Å². The lowest BCUT2D eigenvalue weighted by atomic mass is 10.0. The number of benzene rings is 3. The van der Waals surface area contributed by atoms with Crippen molar-refractivity contribution in [3.63, 3.8) is 0 Å². The van der Waals surface area contributed by atoms with Gasteiger partial charge in [-0.1, -0.05) is 78.3 Å². The van der Waals surface area contributed by atoms with Crippen LogP contribution >= 0.6 is 11.6 Å². The number of hydrogen-bond donors (Lipinski definition) is 2. The third kappa shape index (κ3) is 4.51. The van der Waals surface area contributed by atoms with Crippen LogP contribution in [0.15, 0.2) is 84.9 Å². The molecule has 3 aromatic rings. The van der Waals surface area contributed by atoms with E-state index in [9.17, 15) is 4.79 Å². The van der Waals surface area contributed by atoms with E-state index in [4.69, 9.17) is 11.6 Å². The van der Waals surface area contributed by atoms with E-state index in [1.165, 1.54) is 0 Å². The molecule has 3 nitrogen and oxygen atoms in total. The van der Waals surface area contributed by atoms with E-state index in [1.54, 1.807) is 0 Å². The molecule has 2 unspecified atom stereocenters. The van der Waals surface area contributed by atoms with Crippen molar-refractivity contribution < 1.29 is 4.79 Å². The monoisotopic (exact) mass is 364 g/mol. The molecule has 0 heterocycles. The normalized spacial score (nSPS) is 13.0. The molecule has 1 amide bonds. The molecular weight excluding hydrogens is 344 g/mol. The van der Waals surface area contributed by atoms with E-state index in [1.807, 2.05) is 91.9 Å². The Morgan fingerprint density at radius 2 is 1.42 bits per heavy atom. The third-order valence-electron chi connectivity index (χ3n) is 4.22. The summed E-state index contributed by atoms with van der Waals surface area (Å²) in [6, 6.07) is 26.2. The highest BCUT2D eigenvalue weighted by atomic mass is 35.5. The van der Waals surface area contributed by atoms with Gasteiger partial charge in [-0.25, -0.2) is 0 Å². The number of halogens is 1. The number of nitrogens with one attached hydrogen (secondary N) is 2. The average Bonchev–Trinajstić information content (AvgIpc) is 2.67. The van der Waals surface area contributed by atoms with Crippen molar-refractivity contribution in [3.8, 4) is 0 Å². The molecule has 2 N–H and O–H groups in total. The first kappa shape index (κ1) is 18.2. The summed E-state index contributed by atoms with van der Waals surface area (Å²) in [6.07, 6.45) is 0. The summed E-state index contributed by atoms with van der Waals surface area (Å²) in [5.41, 5.74) is 2.63. The zero-order valence-corrected chi connectivity index (χ0v) is 15.3. The highest BCUT2D eigenvalue weighted by Gasteiger charge is 2.23. The van der Waals surface area contributed by atoms with Crippen LogP contribution in [-0.4, -0.2) is 5.91 Å². The van der Waals surface area contributed by atoms with Gasteiger partial charge in [-0.3, -0.25) is 10.1 Å². The molecule has 0 saturated carbocycles. The quantitative estimate of drug-likeness (QED) is 0.617. The van der Waals surface area contributed by atoms with Gasteiger partial charge in [0, 0.05) is 16.8 Å². The highest BCUT2D eigenvalue weighted by Crippen LogP contribution is 2.26. The Labute approximate surface area is 159 Å². The molecule has 3 rings (SSSR count). The molecule has 2 atom stereocenters. The zero-order valence-electron chi connectivity index (χ0n) is 14.5. The van der Waals surface area contributed by atoms with Gasteiger partial charge in [0.05, 0.1) is 0 Å². The van der Waals surface area contributed by atoms with Crippen molar-refractivity contribution in [1.29, 1.82) is 0 Å². The Morgan fingerprint density at radius 1 is 0.846 bits per heavy atom. The molecule has 0 bridgehead atoms. The molecule has 26 heavy (non-hydrogen) atoms. The summed E-state index contributed by atoms with van der Waals surface area (Å²) >= 11 is 6.32. The number of carbonyl (C=O) groups excluding carboxylic acids is 1. The SMILES string of the molecule is CC(NC(C(=O)Nc1ccccc1)c1ccccc1)c1ccccc1Cl. The molecule has 4 heteroatoms. The third-order valence-corrected chi connectivity index (χ3v) is 4.57. The van der Waals surface area contributed by atoms with Crippen molar-refractivity contribution in [1.82, 2.24) is 5.32 Å². The maximum Gasteiger partial charge on any atom is 0.246 e. The van der Waals surface area contributed by atoms with Crippen molar-refractivity contribution >= 4 is 23.2 Å². The van der Waals surface area contributed by atoms with Crippen LogP contribution in [0.25, 0.3) is 0 Å².